The minimum Gasteiger partial charge on any atom is -0.449 e. The number of aromatic nitrogens is 2. The van der Waals surface area contributed by atoms with Crippen molar-refractivity contribution in [3.05, 3.63) is 60.9 Å². The number of benzene rings is 1. The molecule has 0 saturated carbocycles. The molecule has 1 heterocycles. The lowest BCUT2D eigenvalue weighted by Gasteiger charge is -2.13. The molecule has 0 aliphatic rings. The van der Waals surface area contributed by atoms with Crippen molar-refractivity contribution in [2.75, 3.05) is 6.54 Å². The van der Waals surface area contributed by atoms with E-state index in [0.29, 0.717) is 12.1 Å². The predicted octanol–water partition coefficient (Wildman–Crippen LogP) is 1.72. The molecular weight excluding hydrogens is 282 g/mol. The number of carbonyl (C=O) groups excluding carboxylic acids is 2. The molecule has 1 amide bonds. The van der Waals surface area contributed by atoms with Crippen LogP contribution in [0.15, 0.2) is 55.4 Å². The Balaban J connectivity index is 1.98. The third kappa shape index (κ3) is 3.82. The van der Waals surface area contributed by atoms with Gasteiger partial charge in [-0.1, -0.05) is 6.08 Å². The van der Waals surface area contributed by atoms with Gasteiger partial charge in [0.2, 0.25) is 0 Å². The quantitative estimate of drug-likeness (QED) is 0.651. The number of nitrogens with one attached hydrogen (secondary N) is 1. The van der Waals surface area contributed by atoms with Crippen LogP contribution in [-0.4, -0.2) is 34.3 Å². The Morgan fingerprint density at radius 2 is 2.14 bits per heavy atom. The first kappa shape index (κ1) is 15.5. The number of rotatable bonds is 6. The second-order valence-electron chi connectivity index (χ2n) is 4.58. The monoisotopic (exact) mass is 299 g/mol. The van der Waals surface area contributed by atoms with Gasteiger partial charge in [0.05, 0.1) is 11.3 Å². The van der Waals surface area contributed by atoms with Crippen LogP contribution in [0, 0.1) is 0 Å². The molecule has 0 saturated heterocycles. The summed E-state index contributed by atoms with van der Waals surface area (Å²) in [7, 11) is 0. The van der Waals surface area contributed by atoms with Crippen LogP contribution in [0.4, 0.5) is 0 Å². The van der Waals surface area contributed by atoms with Gasteiger partial charge in [-0.3, -0.25) is 4.79 Å². The fourth-order valence-corrected chi connectivity index (χ4v) is 1.77. The van der Waals surface area contributed by atoms with Gasteiger partial charge in [0.1, 0.15) is 0 Å². The molecule has 1 N–H and O–H groups in total. The van der Waals surface area contributed by atoms with E-state index in [1.807, 2.05) is 6.07 Å². The molecule has 1 aromatic heterocycles. The zero-order chi connectivity index (χ0) is 15.9. The average molecular weight is 299 g/mol. The number of esters is 1. The van der Waals surface area contributed by atoms with Gasteiger partial charge >= 0.3 is 5.97 Å². The maximum atomic E-state index is 12.0. The van der Waals surface area contributed by atoms with Crippen LogP contribution >= 0.6 is 0 Å². The zero-order valence-electron chi connectivity index (χ0n) is 12.2. The number of nitrogens with zero attached hydrogens (tertiary/aromatic N) is 2. The zero-order valence-corrected chi connectivity index (χ0v) is 12.2. The number of ether oxygens (including phenoxy) is 1. The van der Waals surface area contributed by atoms with Crippen LogP contribution in [0.2, 0.25) is 0 Å². The van der Waals surface area contributed by atoms with Crippen LogP contribution in [-0.2, 0) is 9.53 Å². The van der Waals surface area contributed by atoms with Gasteiger partial charge in [-0.15, -0.1) is 6.58 Å². The predicted molar refractivity (Wildman–Crippen MR) is 81.6 cm³/mol. The normalized spacial score (nSPS) is 11.5. The van der Waals surface area contributed by atoms with Crippen molar-refractivity contribution in [1.29, 1.82) is 0 Å². The molecule has 2 rings (SSSR count). The van der Waals surface area contributed by atoms with Crippen molar-refractivity contribution in [2.24, 2.45) is 0 Å². The summed E-state index contributed by atoms with van der Waals surface area (Å²) in [5.41, 5.74) is 1.21. The molecule has 22 heavy (non-hydrogen) atoms. The van der Waals surface area contributed by atoms with Crippen LogP contribution in [0.1, 0.15) is 17.3 Å². The first-order chi connectivity index (χ1) is 10.6. The lowest BCUT2D eigenvalue weighted by Crippen LogP contribution is -2.35. The van der Waals surface area contributed by atoms with Gasteiger partial charge in [0.25, 0.3) is 5.91 Å². The fraction of sp³-hybridized carbons (Fsp3) is 0.188. The largest absolute Gasteiger partial charge is 0.449 e. The molecular formula is C16H17N3O3. The molecule has 0 unspecified atom stereocenters. The van der Waals surface area contributed by atoms with Crippen molar-refractivity contribution in [3.63, 3.8) is 0 Å². The van der Waals surface area contributed by atoms with Crippen LogP contribution < -0.4 is 5.32 Å². The Hall–Kier alpha value is -2.89. The van der Waals surface area contributed by atoms with Gasteiger partial charge in [0.15, 0.2) is 6.10 Å². The van der Waals surface area contributed by atoms with Crippen molar-refractivity contribution < 1.29 is 14.3 Å². The van der Waals surface area contributed by atoms with E-state index < -0.39 is 12.1 Å². The molecule has 0 aliphatic heterocycles. The summed E-state index contributed by atoms with van der Waals surface area (Å²) in [4.78, 5) is 23.6. The highest BCUT2D eigenvalue weighted by atomic mass is 16.5. The second-order valence-corrected chi connectivity index (χ2v) is 4.58. The van der Waals surface area contributed by atoms with Crippen molar-refractivity contribution in [3.8, 4) is 5.69 Å². The summed E-state index contributed by atoms with van der Waals surface area (Å²) in [6.07, 6.45) is 4.17. The van der Waals surface area contributed by atoms with E-state index in [1.165, 1.54) is 6.92 Å². The van der Waals surface area contributed by atoms with Crippen LogP contribution in [0.3, 0.4) is 0 Å². The first-order valence-electron chi connectivity index (χ1n) is 6.81. The number of amides is 1. The fourth-order valence-electron chi connectivity index (χ4n) is 1.77. The minimum absolute atomic E-state index is 0.333. The number of hydrogen-bond donors (Lipinski definition) is 1. The van der Waals surface area contributed by atoms with E-state index in [1.54, 1.807) is 47.4 Å². The molecule has 114 valence electrons. The summed E-state index contributed by atoms with van der Waals surface area (Å²) in [6, 6.07) is 8.59. The standard InChI is InChI=1S/C16H17N3O3/c1-3-9-17-15(20)12(2)22-16(21)13-5-7-14(8-6-13)19-11-4-10-18-19/h3-8,10-12H,1,9H2,2H3,(H,17,20)/t12-/m0/s1. The second kappa shape index (κ2) is 7.21. The molecule has 1 aromatic carbocycles. The van der Waals surface area contributed by atoms with Crippen LogP contribution in [0.25, 0.3) is 5.69 Å². The Labute approximate surface area is 128 Å². The number of hydrogen-bond acceptors (Lipinski definition) is 4. The molecule has 0 bridgehead atoms. The third-order valence-corrected chi connectivity index (χ3v) is 2.95. The summed E-state index contributed by atoms with van der Waals surface area (Å²) in [6.45, 7) is 5.36. The Morgan fingerprint density at radius 1 is 1.41 bits per heavy atom. The average Bonchev–Trinajstić information content (AvgIpc) is 3.07. The highest BCUT2D eigenvalue weighted by Gasteiger charge is 2.18. The molecule has 0 aliphatic carbocycles. The molecule has 6 nitrogen and oxygen atoms in total. The smallest absolute Gasteiger partial charge is 0.338 e. The molecule has 6 heteroatoms. The highest BCUT2D eigenvalue weighted by Crippen LogP contribution is 2.10. The Kier molecular flexibility index (Phi) is 5.08. The van der Waals surface area contributed by atoms with E-state index in [-0.39, 0.29) is 5.91 Å². The summed E-state index contributed by atoms with van der Waals surface area (Å²) in [5, 5.41) is 6.67. The lowest BCUT2D eigenvalue weighted by atomic mass is 10.2. The van der Waals surface area contributed by atoms with E-state index in [2.05, 4.69) is 17.0 Å². The summed E-state index contributed by atoms with van der Waals surface area (Å²) >= 11 is 0. The topological polar surface area (TPSA) is 73.2 Å². The number of carbonyl (C=O) groups is 2. The summed E-state index contributed by atoms with van der Waals surface area (Å²) < 4.78 is 6.80. The third-order valence-electron chi connectivity index (χ3n) is 2.95. The minimum atomic E-state index is -0.863. The lowest BCUT2D eigenvalue weighted by molar-refractivity contribution is -0.128. The maximum absolute atomic E-state index is 12.0. The van der Waals surface area contributed by atoms with Crippen LogP contribution in [0.5, 0.6) is 0 Å². The van der Waals surface area contributed by atoms with E-state index >= 15 is 0 Å². The Morgan fingerprint density at radius 3 is 2.73 bits per heavy atom. The molecule has 0 radical (unpaired) electrons. The molecule has 1 atom stereocenters. The Bertz CT molecular complexity index is 648. The molecule has 0 spiro atoms. The van der Waals surface area contributed by atoms with E-state index in [0.717, 1.165) is 5.69 Å². The van der Waals surface area contributed by atoms with Gasteiger partial charge in [-0.05, 0) is 37.3 Å². The SMILES string of the molecule is C=CCNC(=O)[C@H](C)OC(=O)c1ccc(-n2cccn2)cc1. The first-order valence-corrected chi connectivity index (χ1v) is 6.81. The van der Waals surface area contributed by atoms with Crippen molar-refractivity contribution >= 4 is 11.9 Å². The maximum Gasteiger partial charge on any atom is 0.338 e. The summed E-state index contributed by atoms with van der Waals surface area (Å²) in [5.74, 6) is -0.908. The van der Waals surface area contributed by atoms with Gasteiger partial charge < -0.3 is 10.1 Å². The molecule has 2 aromatic rings. The highest BCUT2D eigenvalue weighted by molar-refractivity contribution is 5.92. The van der Waals surface area contributed by atoms with Crippen molar-refractivity contribution in [1.82, 2.24) is 15.1 Å². The van der Waals surface area contributed by atoms with Crippen molar-refractivity contribution in [2.45, 2.75) is 13.0 Å². The van der Waals surface area contributed by atoms with Gasteiger partial charge in [0, 0.05) is 18.9 Å². The van der Waals surface area contributed by atoms with Gasteiger partial charge in [-0.2, -0.15) is 5.10 Å². The molecule has 0 fully saturated rings. The van der Waals surface area contributed by atoms with E-state index in [9.17, 15) is 9.59 Å². The van der Waals surface area contributed by atoms with E-state index in [4.69, 9.17) is 4.74 Å². The van der Waals surface area contributed by atoms with Gasteiger partial charge in [-0.25, -0.2) is 9.48 Å².